The number of ether oxygens (including phenoxy) is 1. The Kier molecular flexibility index (Phi) is 5.18. The summed E-state index contributed by atoms with van der Waals surface area (Å²) in [5.41, 5.74) is -0.163. The third kappa shape index (κ3) is 4.39. The molecule has 0 aromatic heterocycles. The van der Waals surface area contributed by atoms with Gasteiger partial charge in [-0.15, -0.1) is 0 Å². The van der Waals surface area contributed by atoms with Crippen LogP contribution in [0.25, 0.3) is 0 Å². The number of carbonyl (C=O) groups is 1. The summed E-state index contributed by atoms with van der Waals surface area (Å²) < 4.78 is 31.8. The van der Waals surface area contributed by atoms with Crippen molar-refractivity contribution < 1.29 is 18.3 Å². The highest BCUT2D eigenvalue weighted by Gasteiger charge is 2.31. The fourth-order valence-electron chi connectivity index (χ4n) is 1.94. The Morgan fingerprint density at radius 2 is 1.95 bits per heavy atom. The van der Waals surface area contributed by atoms with Gasteiger partial charge < -0.3 is 4.74 Å². The largest absolute Gasteiger partial charge is 0.370 e. The molecule has 1 atom stereocenters. The maximum atomic E-state index is 13.5. The van der Waals surface area contributed by atoms with Gasteiger partial charge in [-0.1, -0.05) is 26.8 Å². The second-order valence-corrected chi connectivity index (χ2v) is 5.58. The average molecular weight is 270 g/mol. The van der Waals surface area contributed by atoms with Gasteiger partial charge in [0.1, 0.15) is 17.7 Å². The van der Waals surface area contributed by atoms with E-state index in [9.17, 15) is 13.6 Å². The minimum Gasteiger partial charge on any atom is -0.370 e. The van der Waals surface area contributed by atoms with E-state index < -0.39 is 17.7 Å². The molecule has 0 radical (unpaired) electrons. The molecule has 2 nitrogen and oxygen atoms in total. The van der Waals surface area contributed by atoms with Crippen LogP contribution in [0.4, 0.5) is 8.78 Å². The SMILES string of the molecule is CCOC(C(=O)Cc1ccc(F)cc1F)C(C)(C)C. The summed E-state index contributed by atoms with van der Waals surface area (Å²) in [4.78, 5) is 12.2. The molecule has 1 aromatic rings. The highest BCUT2D eigenvalue weighted by atomic mass is 19.1. The van der Waals surface area contributed by atoms with Gasteiger partial charge in [-0.3, -0.25) is 4.79 Å². The van der Waals surface area contributed by atoms with E-state index in [4.69, 9.17) is 4.74 Å². The Hall–Kier alpha value is -1.29. The monoisotopic (exact) mass is 270 g/mol. The van der Waals surface area contributed by atoms with Crippen molar-refractivity contribution in [1.29, 1.82) is 0 Å². The molecule has 4 heteroatoms. The molecule has 0 aliphatic heterocycles. The average Bonchev–Trinajstić information content (AvgIpc) is 2.28. The molecule has 0 aliphatic carbocycles. The predicted octanol–water partition coefficient (Wildman–Crippen LogP) is 3.53. The Bertz CT molecular complexity index is 450. The van der Waals surface area contributed by atoms with E-state index in [0.29, 0.717) is 6.61 Å². The van der Waals surface area contributed by atoms with Gasteiger partial charge in [0.05, 0.1) is 0 Å². The highest BCUT2D eigenvalue weighted by Crippen LogP contribution is 2.24. The number of carbonyl (C=O) groups excluding carboxylic acids is 1. The molecule has 0 amide bonds. The van der Waals surface area contributed by atoms with Crippen molar-refractivity contribution in [2.45, 2.75) is 40.2 Å². The fraction of sp³-hybridized carbons (Fsp3) is 0.533. The van der Waals surface area contributed by atoms with E-state index in [1.54, 1.807) is 0 Å². The van der Waals surface area contributed by atoms with Crippen molar-refractivity contribution in [3.8, 4) is 0 Å². The second kappa shape index (κ2) is 6.24. The van der Waals surface area contributed by atoms with E-state index in [1.165, 1.54) is 6.07 Å². The van der Waals surface area contributed by atoms with Crippen LogP contribution in [0.15, 0.2) is 18.2 Å². The molecule has 19 heavy (non-hydrogen) atoms. The van der Waals surface area contributed by atoms with E-state index >= 15 is 0 Å². The minimum atomic E-state index is -0.697. The van der Waals surface area contributed by atoms with Gasteiger partial charge in [-0.2, -0.15) is 0 Å². The van der Waals surface area contributed by atoms with Crippen LogP contribution in [-0.2, 0) is 16.0 Å². The molecule has 106 valence electrons. The van der Waals surface area contributed by atoms with Crippen molar-refractivity contribution in [1.82, 2.24) is 0 Å². The summed E-state index contributed by atoms with van der Waals surface area (Å²) in [5.74, 6) is -1.54. The Morgan fingerprint density at radius 3 is 2.42 bits per heavy atom. The molecule has 0 bridgehead atoms. The number of rotatable bonds is 5. The first-order valence-corrected chi connectivity index (χ1v) is 6.34. The molecule has 1 rings (SSSR count). The molecular weight excluding hydrogens is 250 g/mol. The van der Waals surface area contributed by atoms with Crippen molar-refractivity contribution in [3.05, 3.63) is 35.4 Å². The van der Waals surface area contributed by atoms with Gasteiger partial charge >= 0.3 is 0 Å². The molecule has 0 aliphatic rings. The van der Waals surface area contributed by atoms with Crippen molar-refractivity contribution in [3.63, 3.8) is 0 Å². The quantitative estimate of drug-likeness (QED) is 0.818. The van der Waals surface area contributed by atoms with E-state index in [2.05, 4.69) is 0 Å². The summed E-state index contributed by atoms with van der Waals surface area (Å²) >= 11 is 0. The summed E-state index contributed by atoms with van der Waals surface area (Å²) in [6.07, 6.45) is -0.685. The van der Waals surface area contributed by atoms with Crippen LogP contribution in [0, 0.1) is 17.0 Å². The van der Waals surface area contributed by atoms with Gasteiger partial charge in [-0.25, -0.2) is 8.78 Å². The minimum absolute atomic E-state index is 0.0892. The molecule has 1 aromatic carbocycles. The van der Waals surface area contributed by atoms with Gasteiger partial charge in [-0.05, 0) is 24.0 Å². The highest BCUT2D eigenvalue weighted by molar-refractivity contribution is 5.86. The Balaban J connectivity index is 2.87. The van der Waals surface area contributed by atoms with Crippen LogP contribution < -0.4 is 0 Å². The number of ketones is 1. The van der Waals surface area contributed by atoms with Crippen LogP contribution in [0.5, 0.6) is 0 Å². The second-order valence-electron chi connectivity index (χ2n) is 5.58. The Labute approximate surface area is 112 Å². The molecule has 0 spiro atoms. The summed E-state index contributed by atoms with van der Waals surface area (Å²) in [5, 5.41) is 0. The zero-order valence-electron chi connectivity index (χ0n) is 11.8. The zero-order valence-corrected chi connectivity index (χ0v) is 11.8. The maximum Gasteiger partial charge on any atom is 0.166 e. The van der Waals surface area contributed by atoms with Crippen molar-refractivity contribution in [2.24, 2.45) is 5.41 Å². The molecule has 0 fully saturated rings. The lowest BCUT2D eigenvalue weighted by atomic mass is 9.84. The molecule has 0 N–H and O–H groups in total. The zero-order chi connectivity index (χ0) is 14.6. The molecule has 0 saturated heterocycles. The summed E-state index contributed by atoms with van der Waals surface area (Å²) in [6, 6.07) is 3.24. The summed E-state index contributed by atoms with van der Waals surface area (Å²) in [7, 11) is 0. The third-order valence-electron chi connectivity index (χ3n) is 2.79. The lowest BCUT2D eigenvalue weighted by Gasteiger charge is -2.29. The first kappa shape index (κ1) is 15.8. The van der Waals surface area contributed by atoms with Crippen LogP contribution in [0.3, 0.4) is 0 Å². The Morgan fingerprint density at radius 1 is 1.32 bits per heavy atom. The number of benzene rings is 1. The van der Waals surface area contributed by atoms with Gasteiger partial charge in [0.2, 0.25) is 0 Å². The van der Waals surface area contributed by atoms with E-state index in [1.807, 2.05) is 27.7 Å². The topological polar surface area (TPSA) is 26.3 Å². The van der Waals surface area contributed by atoms with Crippen LogP contribution in [0.2, 0.25) is 0 Å². The molecule has 0 saturated carbocycles. The number of Topliss-reactive ketones (excluding diaryl/α,β-unsaturated/α-hetero) is 1. The standard InChI is InChI=1S/C15H20F2O2/c1-5-19-14(15(2,3)4)13(18)8-10-6-7-11(16)9-12(10)17/h6-7,9,14H,5,8H2,1-4H3. The van der Waals surface area contributed by atoms with E-state index in [0.717, 1.165) is 12.1 Å². The van der Waals surface area contributed by atoms with Crippen molar-refractivity contribution in [2.75, 3.05) is 6.61 Å². The fourth-order valence-corrected chi connectivity index (χ4v) is 1.94. The first-order valence-electron chi connectivity index (χ1n) is 6.34. The molecule has 0 heterocycles. The third-order valence-corrected chi connectivity index (χ3v) is 2.79. The van der Waals surface area contributed by atoms with Crippen LogP contribution in [-0.4, -0.2) is 18.5 Å². The molecule has 1 unspecified atom stereocenters. The first-order chi connectivity index (χ1) is 8.75. The molecular formula is C15H20F2O2. The van der Waals surface area contributed by atoms with Crippen LogP contribution in [0.1, 0.15) is 33.3 Å². The number of hydrogen-bond acceptors (Lipinski definition) is 2. The van der Waals surface area contributed by atoms with Crippen molar-refractivity contribution >= 4 is 5.78 Å². The van der Waals surface area contributed by atoms with Gasteiger partial charge in [0.25, 0.3) is 0 Å². The lowest BCUT2D eigenvalue weighted by molar-refractivity contribution is -0.136. The van der Waals surface area contributed by atoms with Gasteiger partial charge in [0.15, 0.2) is 5.78 Å². The van der Waals surface area contributed by atoms with Crippen LogP contribution >= 0.6 is 0 Å². The maximum absolute atomic E-state index is 13.5. The number of hydrogen-bond donors (Lipinski definition) is 0. The normalized spacial score (nSPS) is 13.4. The lowest BCUT2D eigenvalue weighted by Crippen LogP contribution is -2.38. The smallest absolute Gasteiger partial charge is 0.166 e. The van der Waals surface area contributed by atoms with Gasteiger partial charge in [0, 0.05) is 19.1 Å². The summed E-state index contributed by atoms with van der Waals surface area (Å²) in [6.45, 7) is 7.91. The number of halogens is 2. The predicted molar refractivity (Wildman–Crippen MR) is 69.9 cm³/mol. The van der Waals surface area contributed by atoms with E-state index in [-0.39, 0.29) is 23.2 Å².